The van der Waals surface area contributed by atoms with Gasteiger partial charge in [-0.05, 0) is 29.8 Å². The zero-order chi connectivity index (χ0) is 18.7. The van der Waals surface area contributed by atoms with E-state index in [1.54, 1.807) is 6.20 Å². The molecule has 2 heterocycles. The molecule has 0 saturated carbocycles. The highest BCUT2D eigenvalue weighted by Crippen LogP contribution is 2.24. The van der Waals surface area contributed by atoms with Crippen molar-refractivity contribution in [1.29, 1.82) is 0 Å². The Morgan fingerprint density at radius 2 is 1.88 bits per heavy atom. The lowest BCUT2D eigenvalue weighted by Crippen LogP contribution is -2.18. The van der Waals surface area contributed by atoms with Gasteiger partial charge in [-0.3, -0.25) is 0 Å². The van der Waals surface area contributed by atoms with Gasteiger partial charge >= 0.3 is 0 Å². The summed E-state index contributed by atoms with van der Waals surface area (Å²) in [7, 11) is 6.12. The molecule has 6 nitrogen and oxygen atoms in total. The van der Waals surface area contributed by atoms with Gasteiger partial charge in [0.25, 0.3) is 5.89 Å². The van der Waals surface area contributed by atoms with Gasteiger partial charge in [-0.1, -0.05) is 31.1 Å². The van der Waals surface area contributed by atoms with Gasteiger partial charge in [0.1, 0.15) is 5.82 Å². The smallest absolute Gasteiger partial charge is 0.258 e. The van der Waals surface area contributed by atoms with E-state index < -0.39 is 0 Å². The molecule has 1 aromatic carbocycles. The average molecular weight is 351 g/mol. The molecule has 0 amide bonds. The minimum Gasteiger partial charge on any atom is -0.378 e. The van der Waals surface area contributed by atoms with Crippen LogP contribution in [0.2, 0.25) is 0 Å². The minimum absolute atomic E-state index is 0.237. The van der Waals surface area contributed by atoms with Crippen molar-refractivity contribution in [2.75, 3.05) is 30.9 Å². The van der Waals surface area contributed by atoms with Crippen molar-refractivity contribution in [2.24, 2.45) is 0 Å². The molecule has 0 unspecified atom stereocenters. The maximum atomic E-state index is 5.39. The molecule has 3 rings (SSSR count). The fourth-order valence-electron chi connectivity index (χ4n) is 2.63. The number of hydrogen-bond acceptors (Lipinski definition) is 6. The molecule has 0 fully saturated rings. The summed E-state index contributed by atoms with van der Waals surface area (Å²) in [5.41, 5.74) is 3.29. The third-order valence-electron chi connectivity index (χ3n) is 4.19. The van der Waals surface area contributed by atoms with Crippen LogP contribution in [0.1, 0.15) is 31.2 Å². The van der Waals surface area contributed by atoms with Crippen LogP contribution in [-0.4, -0.2) is 36.3 Å². The molecule has 3 aromatic rings. The molecule has 0 aliphatic carbocycles. The summed E-state index contributed by atoms with van der Waals surface area (Å²) in [6, 6.07) is 12.4. The van der Waals surface area contributed by atoms with E-state index in [0.29, 0.717) is 11.7 Å². The van der Waals surface area contributed by atoms with Gasteiger partial charge in [0, 0.05) is 51.1 Å². The van der Waals surface area contributed by atoms with E-state index in [1.165, 1.54) is 11.3 Å². The van der Waals surface area contributed by atoms with Crippen LogP contribution in [-0.2, 0) is 6.54 Å². The lowest BCUT2D eigenvalue weighted by atomic mass is 10.1. The second-order valence-electron chi connectivity index (χ2n) is 6.94. The zero-order valence-corrected chi connectivity index (χ0v) is 16.0. The minimum atomic E-state index is 0.237. The van der Waals surface area contributed by atoms with Crippen LogP contribution in [0.5, 0.6) is 0 Å². The first-order valence-corrected chi connectivity index (χ1v) is 8.71. The highest BCUT2D eigenvalue weighted by atomic mass is 16.5. The number of benzene rings is 1. The van der Waals surface area contributed by atoms with E-state index in [0.717, 1.165) is 17.9 Å². The number of anilines is 2. The molecule has 6 heteroatoms. The molecule has 0 atom stereocenters. The Labute approximate surface area is 154 Å². The summed E-state index contributed by atoms with van der Waals surface area (Å²) in [4.78, 5) is 13.2. The van der Waals surface area contributed by atoms with Crippen molar-refractivity contribution >= 4 is 11.5 Å². The fourth-order valence-corrected chi connectivity index (χ4v) is 2.63. The molecule has 0 aliphatic rings. The molecule has 26 heavy (non-hydrogen) atoms. The largest absolute Gasteiger partial charge is 0.378 e. The molecule has 0 N–H and O–H groups in total. The number of hydrogen-bond donors (Lipinski definition) is 0. The van der Waals surface area contributed by atoms with Gasteiger partial charge < -0.3 is 14.3 Å². The topological polar surface area (TPSA) is 58.3 Å². The molecule has 0 spiro atoms. The van der Waals surface area contributed by atoms with Crippen LogP contribution in [0.15, 0.2) is 47.1 Å². The van der Waals surface area contributed by atoms with Crippen molar-refractivity contribution in [1.82, 2.24) is 15.1 Å². The summed E-state index contributed by atoms with van der Waals surface area (Å²) in [5, 5.41) is 4.04. The van der Waals surface area contributed by atoms with E-state index in [9.17, 15) is 0 Å². The number of rotatable bonds is 6. The average Bonchev–Trinajstić information content (AvgIpc) is 3.12. The zero-order valence-electron chi connectivity index (χ0n) is 16.0. The molecule has 0 saturated heterocycles. The van der Waals surface area contributed by atoms with Gasteiger partial charge in [-0.15, -0.1) is 0 Å². The summed E-state index contributed by atoms with van der Waals surface area (Å²) in [6.45, 7) is 4.85. The lowest BCUT2D eigenvalue weighted by Gasteiger charge is -2.20. The number of nitrogens with zero attached hydrogens (tertiary/aromatic N) is 5. The van der Waals surface area contributed by atoms with Crippen LogP contribution >= 0.6 is 0 Å². The predicted molar refractivity (Wildman–Crippen MR) is 104 cm³/mol. The van der Waals surface area contributed by atoms with Gasteiger partial charge in [0.15, 0.2) is 5.82 Å². The highest BCUT2D eigenvalue weighted by Gasteiger charge is 2.13. The molecule has 0 bridgehead atoms. The van der Waals surface area contributed by atoms with Gasteiger partial charge in [0.2, 0.25) is 0 Å². The fraction of sp³-hybridized carbons (Fsp3) is 0.350. The normalized spacial score (nSPS) is 11.0. The lowest BCUT2D eigenvalue weighted by molar-refractivity contribution is 0.419. The standard InChI is InChI=1S/C20H25N5O/c1-14(2)19-22-20(26-23-19)16-9-10-21-18(12-16)25(5)13-15-7-6-8-17(11-15)24(3)4/h6-12,14H,13H2,1-5H3. The highest BCUT2D eigenvalue weighted by molar-refractivity contribution is 5.58. The van der Waals surface area contributed by atoms with Crippen molar-refractivity contribution in [3.05, 3.63) is 54.0 Å². The number of pyridine rings is 1. The number of aromatic nitrogens is 3. The maximum absolute atomic E-state index is 5.39. The Hall–Kier alpha value is -2.89. The van der Waals surface area contributed by atoms with Gasteiger partial charge in [-0.2, -0.15) is 4.98 Å². The maximum Gasteiger partial charge on any atom is 0.258 e. The van der Waals surface area contributed by atoms with Crippen molar-refractivity contribution < 1.29 is 4.52 Å². The Kier molecular flexibility index (Phi) is 5.21. The molecule has 2 aromatic heterocycles. The van der Waals surface area contributed by atoms with Crippen LogP contribution in [0, 0.1) is 0 Å². The first kappa shape index (κ1) is 17.9. The van der Waals surface area contributed by atoms with E-state index in [2.05, 4.69) is 49.2 Å². The Bertz CT molecular complexity index is 872. The monoisotopic (exact) mass is 351 g/mol. The van der Waals surface area contributed by atoms with Gasteiger partial charge in [0.05, 0.1) is 0 Å². The van der Waals surface area contributed by atoms with Crippen molar-refractivity contribution in [2.45, 2.75) is 26.3 Å². The predicted octanol–water partition coefficient (Wildman–Crippen LogP) is 3.96. The summed E-state index contributed by atoms with van der Waals surface area (Å²) < 4.78 is 5.39. The molecule has 0 radical (unpaired) electrons. The Morgan fingerprint density at radius 3 is 2.58 bits per heavy atom. The quantitative estimate of drug-likeness (QED) is 0.670. The summed E-state index contributed by atoms with van der Waals surface area (Å²) in [5.74, 6) is 2.34. The van der Waals surface area contributed by atoms with Crippen LogP contribution < -0.4 is 9.80 Å². The van der Waals surface area contributed by atoms with Crippen LogP contribution in [0.3, 0.4) is 0 Å². The summed E-state index contributed by atoms with van der Waals surface area (Å²) >= 11 is 0. The van der Waals surface area contributed by atoms with E-state index >= 15 is 0 Å². The first-order valence-electron chi connectivity index (χ1n) is 8.71. The Balaban J connectivity index is 1.79. The van der Waals surface area contributed by atoms with Crippen molar-refractivity contribution in [3.8, 4) is 11.5 Å². The first-order chi connectivity index (χ1) is 12.4. The van der Waals surface area contributed by atoms with Crippen LogP contribution in [0.25, 0.3) is 11.5 Å². The van der Waals surface area contributed by atoms with E-state index in [1.807, 2.05) is 47.1 Å². The molecule has 0 aliphatic heterocycles. The van der Waals surface area contributed by atoms with E-state index in [-0.39, 0.29) is 5.92 Å². The third-order valence-corrected chi connectivity index (χ3v) is 4.19. The van der Waals surface area contributed by atoms with Crippen molar-refractivity contribution in [3.63, 3.8) is 0 Å². The summed E-state index contributed by atoms with van der Waals surface area (Å²) in [6.07, 6.45) is 1.77. The van der Waals surface area contributed by atoms with Crippen LogP contribution in [0.4, 0.5) is 11.5 Å². The second-order valence-corrected chi connectivity index (χ2v) is 6.94. The van der Waals surface area contributed by atoms with Gasteiger partial charge in [-0.25, -0.2) is 4.98 Å². The SMILES string of the molecule is CC(C)c1noc(-c2ccnc(N(C)Cc3cccc(N(C)C)c3)c2)n1. The molecular formula is C20H25N5O. The second kappa shape index (κ2) is 7.56. The molecular weight excluding hydrogens is 326 g/mol. The Morgan fingerprint density at radius 1 is 1.08 bits per heavy atom. The van der Waals surface area contributed by atoms with E-state index in [4.69, 9.17) is 4.52 Å². The molecule has 136 valence electrons. The third kappa shape index (κ3) is 4.02.